The molecule has 1 aromatic carbocycles. The standard InChI is InChI=1S/C12H11BrN4OS/c1-5-11(18)15-7-4-6(2-3-8(7)19-5)9-10(13)17-12(14)16-9/h2-5H,1H3,(H,15,18)(H3,14,16,17). The highest BCUT2D eigenvalue weighted by molar-refractivity contribution is 9.10. The van der Waals surface area contributed by atoms with E-state index >= 15 is 0 Å². The van der Waals surface area contributed by atoms with Gasteiger partial charge in [-0.3, -0.25) is 4.79 Å². The first kappa shape index (κ1) is 12.6. The van der Waals surface area contributed by atoms with Gasteiger partial charge in [0.05, 0.1) is 10.9 Å². The Bertz CT molecular complexity index is 670. The Morgan fingerprint density at radius 2 is 2.26 bits per heavy atom. The van der Waals surface area contributed by atoms with Crippen molar-refractivity contribution < 1.29 is 4.79 Å². The third-order valence-corrected chi connectivity index (χ3v) is 4.61. The summed E-state index contributed by atoms with van der Waals surface area (Å²) in [5, 5.41) is 2.84. The van der Waals surface area contributed by atoms with Crippen LogP contribution in [0, 0.1) is 0 Å². The van der Waals surface area contributed by atoms with Gasteiger partial charge >= 0.3 is 0 Å². The number of carbonyl (C=O) groups is 1. The van der Waals surface area contributed by atoms with Gasteiger partial charge in [-0.15, -0.1) is 11.8 Å². The Morgan fingerprint density at radius 3 is 2.95 bits per heavy atom. The molecule has 1 aromatic heterocycles. The number of amides is 1. The maximum Gasteiger partial charge on any atom is 0.237 e. The molecule has 4 N–H and O–H groups in total. The van der Waals surface area contributed by atoms with Gasteiger partial charge in [-0.25, -0.2) is 4.98 Å². The van der Waals surface area contributed by atoms with Crippen molar-refractivity contribution in [2.24, 2.45) is 0 Å². The van der Waals surface area contributed by atoms with Crippen LogP contribution in [0.25, 0.3) is 11.3 Å². The molecule has 1 atom stereocenters. The number of nitrogens with zero attached hydrogens (tertiary/aromatic N) is 1. The van der Waals surface area contributed by atoms with Crippen LogP contribution in [0.3, 0.4) is 0 Å². The zero-order valence-electron chi connectivity index (χ0n) is 10.0. The predicted molar refractivity (Wildman–Crippen MR) is 80.1 cm³/mol. The van der Waals surface area contributed by atoms with Crippen LogP contribution in [0.5, 0.6) is 0 Å². The van der Waals surface area contributed by atoms with Crippen molar-refractivity contribution in [2.75, 3.05) is 11.1 Å². The smallest absolute Gasteiger partial charge is 0.237 e. The Hall–Kier alpha value is -1.47. The molecule has 98 valence electrons. The third-order valence-electron chi connectivity index (χ3n) is 2.86. The number of hydrogen-bond donors (Lipinski definition) is 3. The Morgan fingerprint density at radius 1 is 1.47 bits per heavy atom. The van der Waals surface area contributed by atoms with Gasteiger partial charge < -0.3 is 16.0 Å². The molecule has 0 spiro atoms. The summed E-state index contributed by atoms with van der Waals surface area (Å²) >= 11 is 4.94. The first-order chi connectivity index (χ1) is 9.04. The van der Waals surface area contributed by atoms with E-state index in [4.69, 9.17) is 5.73 Å². The van der Waals surface area contributed by atoms with Crippen LogP contribution in [0.2, 0.25) is 0 Å². The Balaban J connectivity index is 2.05. The molecule has 2 heterocycles. The molecule has 1 aliphatic heterocycles. The van der Waals surface area contributed by atoms with Gasteiger partial charge in [0.1, 0.15) is 10.3 Å². The second-order valence-electron chi connectivity index (χ2n) is 4.24. The number of hydrogen-bond acceptors (Lipinski definition) is 4. The van der Waals surface area contributed by atoms with E-state index < -0.39 is 0 Å². The number of nitrogen functional groups attached to an aromatic ring is 1. The average Bonchev–Trinajstić information content (AvgIpc) is 2.69. The van der Waals surface area contributed by atoms with Crippen molar-refractivity contribution in [3.8, 4) is 11.3 Å². The van der Waals surface area contributed by atoms with Gasteiger partial charge in [-0.2, -0.15) is 0 Å². The number of halogens is 1. The van der Waals surface area contributed by atoms with Crippen LogP contribution >= 0.6 is 27.7 Å². The first-order valence-corrected chi connectivity index (χ1v) is 7.35. The summed E-state index contributed by atoms with van der Waals surface area (Å²) in [4.78, 5) is 19.9. The number of anilines is 2. The normalized spacial score (nSPS) is 18.0. The molecule has 0 fully saturated rings. The monoisotopic (exact) mass is 338 g/mol. The Kier molecular flexibility index (Phi) is 3.02. The number of aromatic amines is 1. The van der Waals surface area contributed by atoms with Crippen LogP contribution < -0.4 is 11.1 Å². The van der Waals surface area contributed by atoms with Gasteiger partial charge in [-0.05, 0) is 35.0 Å². The van der Waals surface area contributed by atoms with E-state index in [1.165, 1.54) is 0 Å². The third kappa shape index (κ3) is 2.23. The number of nitrogens with two attached hydrogens (primary N) is 1. The molecule has 1 unspecified atom stereocenters. The second kappa shape index (κ2) is 4.57. The molecule has 0 saturated carbocycles. The minimum atomic E-state index is -0.0638. The number of nitrogens with one attached hydrogen (secondary N) is 2. The number of aromatic nitrogens is 2. The summed E-state index contributed by atoms with van der Waals surface area (Å²) in [6.45, 7) is 1.89. The summed E-state index contributed by atoms with van der Waals surface area (Å²) < 4.78 is 0.730. The van der Waals surface area contributed by atoms with E-state index in [9.17, 15) is 4.79 Å². The van der Waals surface area contributed by atoms with Crippen LogP contribution in [0.15, 0.2) is 27.7 Å². The fraction of sp³-hybridized carbons (Fsp3) is 0.167. The minimum absolute atomic E-state index is 0.0234. The van der Waals surface area contributed by atoms with Crippen LogP contribution in [-0.4, -0.2) is 21.1 Å². The second-order valence-corrected chi connectivity index (χ2v) is 6.42. The minimum Gasteiger partial charge on any atom is -0.369 e. The quantitative estimate of drug-likeness (QED) is 0.746. The molecular formula is C12H11BrN4OS. The predicted octanol–water partition coefficient (Wildman–Crippen LogP) is 2.85. The van der Waals surface area contributed by atoms with E-state index in [0.717, 1.165) is 26.4 Å². The van der Waals surface area contributed by atoms with Crippen LogP contribution in [0.1, 0.15) is 6.92 Å². The number of H-pyrrole nitrogens is 1. The largest absolute Gasteiger partial charge is 0.369 e. The first-order valence-electron chi connectivity index (χ1n) is 5.67. The summed E-state index contributed by atoms with van der Waals surface area (Å²) in [6, 6.07) is 5.87. The van der Waals surface area contributed by atoms with Crippen LogP contribution in [0.4, 0.5) is 11.6 Å². The summed E-state index contributed by atoms with van der Waals surface area (Å²) in [6.07, 6.45) is 0. The molecule has 1 aliphatic rings. The van der Waals surface area contributed by atoms with Gasteiger partial charge in [0.15, 0.2) is 5.95 Å². The molecule has 2 aromatic rings. The number of rotatable bonds is 1. The molecule has 19 heavy (non-hydrogen) atoms. The van der Waals surface area contributed by atoms with Crippen molar-refractivity contribution >= 4 is 45.2 Å². The Labute approximate surface area is 122 Å². The van der Waals surface area contributed by atoms with E-state index in [0.29, 0.717) is 5.95 Å². The molecule has 0 bridgehead atoms. The lowest BCUT2D eigenvalue weighted by molar-refractivity contribution is -0.115. The van der Waals surface area contributed by atoms with Crippen molar-refractivity contribution in [1.82, 2.24) is 9.97 Å². The average molecular weight is 339 g/mol. The molecule has 0 aliphatic carbocycles. The fourth-order valence-corrected chi connectivity index (χ4v) is 3.37. The summed E-state index contributed by atoms with van der Waals surface area (Å²) in [7, 11) is 0. The molecule has 7 heteroatoms. The van der Waals surface area contributed by atoms with Crippen molar-refractivity contribution in [3.05, 3.63) is 22.8 Å². The van der Waals surface area contributed by atoms with Gasteiger partial charge in [0, 0.05) is 10.5 Å². The lowest BCUT2D eigenvalue weighted by Gasteiger charge is -2.21. The van der Waals surface area contributed by atoms with E-state index in [1.54, 1.807) is 11.8 Å². The SMILES string of the molecule is CC1Sc2ccc(-c3nc(N)[nH]c3Br)cc2NC1=O. The van der Waals surface area contributed by atoms with E-state index in [-0.39, 0.29) is 11.2 Å². The lowest BCUT2D eigenvalue weighted by Crippen LogP contribution is -2.26. The van der Waals surface area contributed by atoms with E-state index in [1.807, 2.05) is 25.1 Å². The number of carbonyl (C=O) groups excluding carboxylic acids is 1. The van der Waals surface area contributed by atoms with Gasteiger partial charge in [-0.1, -0.05) is 6.07 Å². The van der Waals surface area contributed by atoms with Crippen molar-refractivity contribution in [3.63, 3.8) is 0 Å². The number of fused-ring (bicyclic) bond motifs is 1. The topological polar surface area (TPSA) is 83.8 Å². The van der Waals surface area contributed by atoms with Crippen molar-refractivity contribution in [2.45, 2.75) is 17.1 Å². The number of thioether (sulfide) groups is 1. The summed E-state index contributed by atoms with van der Waals surface area (Å²) in [5.41, 5.74) is 8.07. The zero-order chi connectivity index (χ0) is 13.6. The molecule has 0 radical (unpaired) electrons. The van der Waals surface area contributed by atoms with Crippen LogP contribution in [-0.2, 0) is 4.79 Å². The highest BCUT2D eigenvalue weighted by Gasteiger charge is 2.23. The highest BCUT2D eigenvalue weighted by Crippen LogP contribution is 2.38. The zero-order valence-corrected chi connectivity index (χ0v) is 12.4. The fourth-order valence-electron chi connectivity index (χ4n) is 1.92. The van der Waals surface area contributed by atoms with Gasteiger partial charge in [0.2, 0.25) is 5.91 Å². The summed E-state index contributed by atoms with van der Waals surface area (Å²) in [5.74, 6) is 0.377. The highest BCUT2D eigenvalue weighted by atomic mass is 79.9. The maximum atomic E-state index is 11.7. The molecule has 3 rings (SSSR count). The molecule has 0 saturated heterocycles. The number of benzene rings is 1. The number of imidazole rings is 1. The maximum absolute atomic E-state index is 11.7. The molecule has 5 nitrogen and oxygen atoms in total. The lowest BCUT2D eigenvalue weighted by atomic mass is 10.1. The van der Waals surface area contributed by atoms with Crippen molar-refractivity contribution in [1.29, 1.82) is 0 Å². The molecular weight excluding hydrogens is 328 g/mol. The molecule has 1 amide bonds. The van der Waals surface area contributed by atoms with E-state index in [2.05, 4.69) is 31.2 Å². The van der Waals surface area contributed by atoms with Gasteiger partial charge in [0.25, 0.3) is 0 Å².